The van der Waals surface area contributed by atoms with Gasteiger partial charge < -0.3 is 19.7 Å². The van der Waals surface area contributed by atoms with Crippen molar-refractivity contribution in [3.8, 4) is 22.6 Å². The molecule has 1 N–H and O–H groups in total. The molecule has 1 aliphatic heterocycles. The number of carbonyl (C=O) groups excluding carboxylic acids is 1. The van der Waals surface area contributed by atoms with E-state index in [2.05, 4.69) is 21.9 Å². The molecule has 0 bridgehead atoms. The summed E-state index contributed by atoms with van der Waals surface area (Å²) in [5.74, 6) is 0.0690. The van der Waals surface area contributed by atoms with Crippen molar-refractivity contribution in [2.45, 2.75) is 45.6 Å². The van der Waals surface area contributed by atoms with Crippen molar-refractivity contribution in [1.82, 2.24) is 4.90 Å². The van der Waals surface area contributed by atoms with Crippen LogP contribution in [0.5, 0.6) is 11.5 Å². The summed E-state index contributed by atoms with van der Waals surface area (Å²) in [5, 5.41) is 2.94. The van der Waals surface area contributed by atoms with Gasteiger partial charge in [0.2, 0.25) is 0 Å². The van der Waals surface area contributed by atoms with Gasteiger partial charge in [-0.2, -0.15) is 0 Å². The first-order chi connectivity index (χ1) is 17.7. The second-order valence-electron chi connectivity index (χ2n) is 9.21. The molecule has 4 rings (SSSR count). The van der Waals surface area contributed by atoms with Crippen LogP contribution in [0.25, 0.3) is 11.1 Å². The predicted octanol–water partition coefficient (Wildman–Crippen LogP) is 7.07. The van der Waals surface area contributed by atoms with E-state index in [1.165, 1.54) is 24.3 Å². The van der Waals surface area contributed by atoms with Gasteiger partial charge in [-0.15, -0.1) is 13.2 Å². The van der Waals surface area contributed by atoms with Crippen molar-refractivity contribution in [3.63, 3.8) is 0 Å². The Balaban J connectivity index is 1.47. The summed E-state index contributed by atoms with van der Waals surface area (Å²) in [4.78, 5) is 15.7. The molecule has 1 fully saturated rings. The predicted molar refractivity (Wildman–Crippen MR) is 138 cm³/mol. The van der Waals surface area contributed by atoms with E-state index >= 15 is 0 Å². The third-order valence-electron chi connectivity index (χ3n) is 6.36. The molecular weight excluding hydrogens is 481 g/mol. The molecule has 0 atom stereocenters. The van der Waals surface area contributed by atoms with Crippen LogP contribution in [0.2, 0.25) is 0 Å². The van der Waals surface area contributed by atoms with Crippen molar-refractivity contribution in [3.05, 3.63) is 77.9 Å². The van der Waals surface area contributed by atoms with Crippen molar-refractivity contribution < 1.29 is 27.4 Å². The Morgan fingerprint density at radius 3 is 2.38 bits per heavy atom. The van der Waals surface area contributed by atoms with Crippen LogP contribution in [0.4, 0.5) is 18.9 Å². The van der Waals surface area contributed by atoms with Gasteiger partial charge in [-0.05, 0) is 79.8 Å². The van der Waals surface area contributed by atoms with Gasteiger partial charge in [-0.25, -0.2) is 0 Å². The highest BCUT2D eigenvalue weighted by Gasteiger charge is 2.31. The van der Waals surface area contributed by atoms with Gasteiger partial charge in [0.15, 0.2) is 0 Å². The molecule has 0 aliphatic carbocycles. The topological polar surface area (TPSA) is 50.8 Å². The Morgan fingerprint density at radius 1 is 1.00 bits per heavy atom. The minimum Gasteiger partial charge on any atom is -0.490 e. The zero-order chi connectivity index (χ0) is 26.4. The number of halogens is 3. The molecule has 1 amide bonds. The third kappa shape index (κ3) is 7.26. The fourth-order valence-corrected chi connectivity index (χ4v) is 4.67. The van der Waals surface area contributed by atoms with Crippen LogP contribution in [0.3, 0.4) is 0 Å². The molecule has 1 aliphatic rings. The molecule has 196 valence electrons. The summed E-state index contributed by atoms with van der Waals surface area (Å²) in [5.41, 5.74) is 3.10. The smallest absolute Gasteiger partial charge is 0.490 e. The highest BCUT2D eigenvalue weighted by molar-refractivity contribution is 6.09. The fraction of sp³-hybridized carbons (Fsp3) is 0.345. The molecule has 3 aromatic rings. The highest BCUT2D eigenvalue weighted by atomic mass is 19.4. The van der Waals surface area contributed by atoms with Gasteiger partial charge >= 0.3 is 6.36 Å². The number of alkyl halides is 3. The normalized spacial score (nSPS) is 14.8. The number of anilines is 1. The Bertz CT molecular complexity index is 1200. The number of carbonyl (C=O) groups is 1. The van der Waals surface area contributed by atoms with E-state index in [1.54, 1.807) is 18.2 Å². The highest BCUT2D eigenvalue weighted by Crippen LogP contribution is 2.31. The summed E-state index contributed by atoms with van der Waals surface area (Å²) < 4.78 is 47.7. The number of amides is 1. The maximum Gasteiger partial charge on any atom is 0.573 e. The first-order valence-corrected chi connectivity index (χ1v) is 12.5. The first kappa shape index (κ1) is 26.5. The number of likely N-dealkylation sites (tertiary alicyclic amines) is 1. The number of rotatable bonds is 8. The molecule has 8 heteroatoms. The molecule has 37 heavy (non-hydrogen) atoms. The monoisotopic (exact) mass is 512 g/mol. The molecule has 3 aromatic carbocycles. The van der Waals surface area contributed by atoms with Gasteiger partial charge in [0.25, 0.3) is 5.91 Å². The minimum atomic E-state index is -4.76. The van der Waals surface area contributed by atoms with Gasteiger partial charge in [0.1, 0.15) is 17.6 Å². The number of nitrogens with one attached hydrogen (secondary N) is 1. The van der Waals surface area contributed by atoms with E-state index in [1.807, 2.05) is 31.2 Å². The average Bonchev–Trinajstić information content (AvgIpc) is 2.85. The first-order valence-electron chi connectivity index (χ1n) is 12.5. The van der Waals surface area contributed by atoms with Crippen molar-refractivity contribution in [2.75, 3.05) is 25.0 Å². The molecule has 1 saturated heterocycles. The van der Waals surface area contributed by atoms with Gasteiger partial charge in [-0.1, -0.05) is 37.3 Å². The lowest BCUT2D eigenvalue weighted by Gasteiger charge is -2.31. The van der Waals surface area contributed by atoms with Crippen molar-refractivity contribution in [1.29, 1.82) is 0 Å². The quantitative estimate of drug-likeness (QED) is 0.351. The van der Waals surface area contributed by atoms with Gasteiger partial charge in [0.05, 0.1) is 0 Å². The van der Waals surface area contributed by atoms with Crippen LogP contribution in [0.15, 0.2) is 66.7 Å². The van der Waals surface area contributed by atoms with Crippen molar-refractivity contribution in [2.24, 2.45) is 0 Å². The van der Waals surface area contributed by atoms with E-state index in [-0.39, 0.29) is 17.8 Å². The van der Waals surface area contributed by atoms with E-state index < -0.39 is 6.36 Å². The molecular formula is C29H31F3N2O3. The summed E-state index contributed by atoms with van der Waals surface area (Å²) >= 11 is 0. The number of hydrogen-bond donors (Lipinski definition) is 1. The zero-order valence-electron chi connectivity index (χ0n) is 21.0. The summed E-state index contributed by atoms with van der Waals surface area (Å²) in [6, 6.07) is 18.2. The third-order valence-corrected chi connectivity index (χ3v) is 6.36. The Kier molecular flexibility index (Phi) is 8.38. The maximum absolute atomic E-state index is 13.3. The molecule has 1 heterocycles. The van der Waals surface area contributed by atoms with E-state index in [0.29, 0.717) is 28.1 Å². The van der Waals surface area contributed by atoms with E-state index in [4.69, 9.17) is 4.74 Å². The largest absolute Gasteiger partial charge is 0.573 e. The number of ether oxygens (including phenoxy) is 2. The van der Waals surface area contributed by atoms with Gasteiger partial charge in [0, 0.05) is 30.4 Å². The number of benzene rings is 3. The second kappa shape index (κ2) is 11.7. The lowest BCUT2D eigenvalue weighted by Crippen LogP contribution is -2.38. The van der Waals surface area contributed by atoms with Crippen LogP contribution in [0, 0.1) is 6.92 Å². The van der Waals surface area contributed by atoms with Crippen LogP contribution >= 0.6 is 0 Å². The number of piperidine rings is 1. The molecule has 0 aromatic heterocycles. The zero-order valence-corrected chi connectivity index (χ0v) is 21.0. The summed E-state index contributed by atoms with van der Waals surface area (Å²) in [6.45, 7) is 7.20. The maximum atomic E-state index is 13.3. The van der Waals surface area contributed by atoms with Gasteiger partial charge in [-0.3, -0.25) is 4.79 Å². The standard InChI is InChI=1S/C29H31F3N2O3/c1-3-16-34-17-14-23(15-18-34)36-25-8-5-7-22(19-25)33-28(35)26-9-4-6-20(2)27(26)21-10-12-24(13-11-21)37-29(30,31)32/h4-13,19,23H,3,14-18H2,1-2H3,(H,33,35). The van der Waals surface area contributed by atoms with Crippen molar-refractivity contribution >= 4 is 11.6 Å². The minimum absolute atomic E-state index is 0.145. The molecule has 0 unspecified atom stereocenters. The van der Waals surface area contributed by atoms with E-state index in [9.17, 15) is 18.0 Å². The molecule has 0 radical (unpaired) electrons. The number of hydrogen-bond acceptors (Lipinski definition) is 4. The van der Waals surface area contributed by atoms with Crippen LogP contribution < -0.4 is 14.8 Å². The lowest BCUT2D eigenvalue weighted by molar-refractivity contribution is -0.274. The van der Waals surface area contributed by atoms with Crippen LogP contribution in [-0.2, 0) is 0 Å². The summed E-state index contributed by atoms with van der Waals surface area (Å²) in [6.07, 6.45) is -1.54. The van der Waals surface area contributed by atoms with Crippen LogP contribution in [-0.4, -0.2) is 42.9 Å². The molecule has 5 nitrogen and oxygen atoms in total. The van der Waals surface area contributed by atoms with Crippen LogP contribution in [0.1, 0.15) is 42.1 Å². The Morgan fingerprint density at radius 2 is 1.70 bits per heavy atom. The number of nitrogens with zero attached hydrogens (tertiary/aromatic N) is 1. The lowest BCUT2D eigenvalue weighted by atomic mass is 9.94. The average molecular weight is 513 g/mol. The summed E-state index contributed by atoms with van der Waals surface area (Å²) in [7, 11) is 0. The molecule has 0 spiro atoms. The van der Waals surface area contributed by atoms with E-state index in [0.717, 1.165) is 44.5 Å². The SMILES string of the molecule is CCCN1CCC(Oc2cccc(NC(=O)c3cccc(C)c3-c3ccc(OC(F)(F)F)cc3)c2)CC1. The fourth-order valence-electron chi connectivity index (χ4n) is 4.67. The Hall–Kier alpha value is -3.52. The second-order valence-corrected chi connectivity index (χ2v) is 9.21. The Labute approximate surface area is 215 Å². The number of aryl methyl sites for hydroxylation is 1. The molecule has 0 saturated carbocycles.